The van der Waals surface area contributed by atoms with Gasteiger partial charge in [-0.05, 0) is 12.8 Å². The van der Waals surface area contributed by atoms with Gasteiger partial charge in [-0.2, -0.15) is 0 Å². The minimum Gasteiger partial charge on any atom is -0.260 e. The third-order valence-corrected chi connectivity index (χ3v) is 2.40. The Kier molecular flexibility index (Phi) is 2.35. The van der Waals surface area contributed by atoms with Crippen LogP contribution in [0, 0.1) is 0 Å². The first kappa shape index (κ1) is 8.36. The first-order chi connectivity index (χ1) is 6.42. The van der Waals surface area contributed by atoms with Gasteiger partial charge < -0.3 is 0 Å². The van der Waals surface area contributed by atoms with Crippen LogP contribution in [0.25, 0.3) is 11.9 Å². The number of benzene rings is 1. The van der Waals surface area contributed by atoms with E-state index in [-0.39, 0.29) is 0 Å². The maximum atomic E-state index is 4.43. The summed E-state index contributed by atoms with van der Waals surface area (Å²) in [6.45, 7) is 2.21. The maximum absolute atomic E-state index is 4.43. The SMILES string of the molecule is CCCCC1=c2ccccc2=C[N]1. The number of nitrogens with zero attached hydrogens (tertiary/aromatic N) is 1. The van der Waals surface area contributed by atoms with E-state index in [0.717, 1.165) is 6.42 Å². The number of rotatable bonds is 3. The highest BCUT2D eigenvalue weighted by Crippen LogP contribution is 2.06. The van der Waals surface area contributed by atoms with Crippen LogP contribution in [-0.2, 0) is 0 Å². The Morgan fingerprint density at radius 1 is 1.23 bits per heavy atom. The minimum absolute atomic E-state index is 1.12. The molecule has 0 atom stereocenters. The summed E-state index contributed by atoms with van der Waals surface area (Å²) in [4.78, 5) is 0. The fourth-order valence-corrected chi connectivity index (χ4v) is 1.63. The van der Waals surface area contributed by atoms with E-state index in [2.05, 4.69) is 36.5 Å². The molecule has 0 N–H and O–H groups in total. The molecule has 1 aliphatic heterocycles. The normalized spacial score (nSPS) is 13.5. The Hall–Kier alpha value is -1.24. The van der Waals surface area contributed by atoms with Crippen LogP contribution in [0.15, 0.2) is 24.3 Å². The molecule has 0 unspecified atom stereocenters. The van der Waals surface area contributed by atoms with Gasteiger partial charge >= 0.3 is 0 Å². The molecule has 1 aromatic rings. The zero-order valence-electron chi connectivity index (χ0n) is 7.96. The highest BCUT2D eigenvalue weighted by molar-refractivity contribution is 5.54. The van der Waals surface area contributed by atoms with Crippen molar-refractivity contribution in [2.24, 2.45) is 0 Å². The molecule has 0 saturated carbocycles. The zero-order valence-corrected chi connectivity index (χ0v) is 7.96. The second kappa shape index (κ2) is 3.65. The van der Waals surface area contributed by atoms with E-state index in [4.69, 9.17) is 0 Å². The quantitative estimate of drug-likeness (QED) is 0.653. The van der Waals surface area contributed by atoms with Gasteiger partial charge in [-0.3, -0.25) is 5.32 Å². The van der Waals surface area contributed by atoms with E-state index >= 15 is 0 Å². The minimum atomic E-state index is 1.12. The largest absolute Gasteiger partial charge is 0.260 e. The third kappa shape index (κ3) is 1.59. The summed E-state index contributed by atoms with van der Waals surface area (Å²) in [6.07, 6.45) is 5.56. The summed E-state index contributed by atoms with van der Waals surface area (Å²) in [7, 11) is 0. The van der Waals surface area contributed by atoms with Crippen molar-refractivity contribution in [3.63, 3.8) is 0 Å². The Morgan fingerprint density at radius 3 is 2.92 bits per heavy atom. The van der Waals surface area contributed by atoms with Crippen LogP contribution in [0.3, 0.4) is 0 Å². The van der Waals surface area contributed by atoms with Gasteiger partial charge in [0.15, 0.2) is 0 Å². The summed E-state index contributed by atoms with van der Waals surface area (Å²) < 4.78 is 0. The number of fused-ring (bicyclic) bond motifs is 1. The molecular formula is C12H14N. The molecule has 1 heteroatoms. The van der Waals surface area contributed by atoms with Crippen LogP contribution >= 0.6 is 0 Å². The van der Waals surface area contributed by atoms with Crippen molar-refractivity contribution >= 4 is 11.9 Å². The number of unbranched alkanes of at least 4 members (excludes halogenated alkanes) is 1. The van der Waals surface area contributed by atoms with Crippen LogP contribution in [0.5, 0.6) is 0 Å². The monoisotopic (exact) mass is 172 g/mol. The van der Waals surface area contributed by atoms with Crippen LogP contribution in [-0.4, -0.2) is 0 Å². The van der Waals surface area contributed by atoms with E-state index in [9.17, 15) is 0 Å². The predicted molar refractivity (Wildman–Crippen MR) is 55.2 cm³/mol. The average molecular weight is 172 g/mol. The molecule has 1 aliphatic rings. The lowest BCUT2D eigenvalue weighted by Gasteiger charge is -1.98. The van der Waals surface area contributed by atoms with Gasteiger partial charge in [-0.25, -0.2) is 0 Å². The molecule has 0 saturated heterocycles. The van der Waals surface area contributed by atoms with Crippen molar-refractivity contribution in [3.8, 4) is 0 Å². The molecule has 0 amide bonds. The molecular weight excluding hydrogens is 158 g/mol. The maximum Gasteiger partial charge on any atom is 0.0482 e. The van der Waals surface area contributed by atoms with Crippen molar-refractivity contribution in [2.75, 3.05) is 0 Å². The Labute approximate surface area is 78.8 Å². The lowest BCUT2D eigenvalue weighted by molar-refractivity contribution is 0.807. The molecule has 2 rings (SSSR count). The van der Waals surface area contributed by atoms with Crippen molar-refractivity contribution in [1.29, 1.82) is 0 Å². The van der Waals surface area contributed by atoms with Crippen LogP contribution in [0.2, 0.25) is 0 Å². The second-order valence-electron chi connectivity index (χ2n) is 3.40. The van der Waals surface area contributed by atoms with Gasteiger partial charge in [-0.15, -0.1) is 0 Å². The van der Waals surface area contributed by atoms with E-state index in [1.807, 2.05) is 6.20 Å². The lowest BCUT2D eigenvalue weighted by Crippen LogP contribution is -2.21. The molecule has 1 heterocycles. The van der Waals surface area contributed by atoms with Crippen LogP contribution < -0.4 is 15.8 Å². The lowest BCUT2D eigenvalue weighted by atomic mass is 10.1. The summed E-state index contributed by atoms with van der Waals surface area (Å²) in [6, 6.07) is 8.43. The molecule has 0 aromatic heterocycles. The van der Waals surface area contributed by atoms with Gasteiger partial charge in [0.05, 0.1) is 0 Å². The van der Waals surface area contributed by atoms with Gasteiger partial charge in [-0.1, -0.05) is 37.6 Å². The van der Waals surface area contributed by atoms with Gasteiger partial charge in [0, 0.05) is 22.3 Å². The smallest absolute Gasteiger partial charge is 0.0482 e. The molecule has 1 nitrogen and oxygen atoms in total. The Balaban J connectivity index is 2.37. The third-order valence-electron chi connectivity index (χ3n) is 2.40. The number of hydrogen-bond acceptors (Lipinski definition) is 0. The van der Waals surface area contributed by atoms with Gasteiger partial charge in [0.25, 0.3) is 0 Å². The fraction of sp³-hybridized carbons (Fsp3) is 0.333. The van der Waals surface area contributed by atoms with Crippen molar-refractivity contribution in [3.05, 3.63) is 34.7 Å². The van der Waals surface area contributed by atoms with E-state index < -0.39 is 0 Å². The van der Waals surface area contributed by atoms with Crippen LogP contribution in [0.1, 0.15) is 26.2 Å². The number of hydrogen-bond donors (Lipinski definition) is 0. The molecule has 13 heavy (non-hydrogen) atoms. The molecule has 0 spiro atoms. The van der Waals surface area contributed by atoms with Crippen molar-refractivity contribution < 1.29 is 0 Å². The van der Waals surface area contributed by atoms with Gasteiger partial charge in [0.2, 0.25) is 0 Å². The first-order valence-corrected chi connectivity index (χ1v) is 4.91. The standard InChI is InChI=1S/C12H14N/c1-2-3-8-12-11-7-5-4-6-10(11)9-13-12/h4-7,9H,2-3,8H2,1H3. The zero-order chi connectivity index (χ0) is 9.10. The molecule has 1 aromatic carbocycles. The molecule has 0 bridgehead atoms. The molecule has 1 radical (unpaired) electrons. The van der Waals surface area contributed by atoms with Crippen molar-refractivity contribution in [1.82, 2.24) is 5.32 Å². The van der Waals surface area contributed by atoms with E-state index in [1.54, 1.807) is 0 Å². The Morgan fingerprint density at radius 2 is 2.08 bits per heavy atom. The molecule has 67 valence electrons. The Bertz CT molecular complexity index is 403. The summed E-state index contributed by atoms with van der Waals surface area (Å²) >= 11 is 0. The van der Waals surface area contributed by atoms with Crippen LogP contribution in [0.4, 0.5) is 0 Å². The summed E-state index contributed by atoms with van der Waals surface area (Å²) in [5.41, 5.74) is 1.26. The molecule has 0 aliphatic carbocycles. The van der Waals surface area contributed by atoms with E-state index in [0.29, 0.717) is 0 Å². The van der Waals surface area contributed by atoms with E-state index in [1.165, 1.54) is 29.0 Å². The molecule has 0 fully saturated rings. The highest BCUT2D eigenvalue weighted by Gasteiger charge is 2.04. The first-order valence-electron chi connectivity index (χ1n) is 4.91. The van der Waals surface area contributed by atoms with Crippen molar-refractivity contribution in [2.45, 2.75) is 26.2 Å². The van der Waals surface area contributed by atoms with Gasteiger partial charge in [0.1, 0.15) is 0 Å². The summed E-state index contributed by atoms with van der Waals surface area (Å²) in [5, 5.41) is 7.03. The predicted octanol–water partition coefficient (Wildman–Crippen LogP) is 1.34. The second-order valence-corrected chi connectivity index (χ2v) is 3.40. The highest BCUT2D eigenvalue weighted by atomic mass is 14.9. The summed E-state index contributed by atoms with van der Waals surface area (Å²) in [5.74, 6) is 0. The topological polar surface area (TPSA) is 14.1 Å². The average Bonchev–Trinajstić information content (AvgIpc) is 2.58. The fourth-order valence-electron chi connectivity index (χ4n) is 1.63.